The van der Waals surface area contributed by atoms with Gasteiger partial charge >= 0.3 is 0 Å². The fourth-order valence-corrected chi connectivity index (χ4v) is 3.52. The standard InChI is InChI=1S/C17H22N4O2S/c1-12-19-16-6-4-3-5-15(16)17(20-12)18-11-13-7-9-14(10-8-13)21-24(2,22)23/h7-10,21H,3-6,11H2,1-2H3,(H,18,19,20). The van der Waals surface area contributed by atoms with Crippen molar-refractivity contribution in [3.8, 4) is 0 Å². The molecule has 0 bridgehead atoms. The van der Waals surface area contributed by atoms with Crippen molar-refractivity contribution in [2.45, 2.75) is 39.2 Å². The van der Waals surface area contributed by atoms with Crippen molar-refractivity contribution in [2.75, 3.05) is 16.3 Å². The van der Waals surface area contributed by atoms with E-state index in [4.69, 9.17) is 0 Å². The number of aromatic nitrogens is 2. The largest absolute Gasteiger partial charge is 0.366 e. The van der Waals surface area contributed by atoms with E-state index in [0.29, 0.717) is 12.2 Å². The summed E-state index contributed by atoms with van der Waals surface area (Å²) >= 11 is 0. The van der Waals surface area contributed by atoms with E-state index in [2.05, 4.69) is 20.0 Å². The van der Waals surface area contributed by atoms with E-state index in [0.717, 1.165) is 36.3 Å². The molecule has 0 aliphatic heterocycles. The third-order valence-electron chi connectivity index (χ3n) is 4.01. The molecule has 0 unspecified atom stereocenters. The molecule has 1 aliphatic rings. The minimum absolute atomic E-state index is 0.566. The molecule has 1 aliphatic carbocycles. The highest BCUT2D eigenvalue weighted by Crippen LogP contribution is 2.25. The summed E-state index contributed by atoms with van der Waals surface area (Å²) in [5, 5.41) is 3.41. The Kier molecular flexibility index (Phi) is 4.71. The summed E-state index contributed by atoms with van der Waals surface area (Å²) in [6.07, 6.45) is 5.56. The predicted octanol–water partition coefficient (Wildman–Crippen LogP) is 2.65. The van der Waals surface area contributed by atoms with Crippen LogP contribution in [0.1, 0.15) is 35.5 Å². The SMILES string of the molecule is Cc1nc2c(c(NCc3ccc(NS(C)(=O)=O)cc3)n1)CCCC2. The molecule has 1 aromatic carbocycles. The molecule has 1 aromatic heterocycles. The van der Waals surface area contributed by atoms with Gasteiger partial charge < -0.3 is 5.32 Å². The molecule has 0 radical (unpaired) electrons. The second-order valence-corrected chi connectivity index (χ2v) is 7.92. The molecular formula is C17H22N4O2S. The average Bonchev–Trinajstić information content (AvgIpc) is 2.52. The minimum atomic E-state index is -3.24. The monoisotopic (exact) mass is 346 g/mol. The van der Waals surface area contributed by atoms with Gasteiger partial charge in [-0.05, 0) is 50.3 Å². The van der Waals surface area contributed by atoms with Gasteiger partial charge in [0.25, 0.3) is 0 Å². The lowest BCUT2D eigenvalue weighted by atomic mass is 9.96. The van der Waals surface area contributed by atoms with E-state index in [9.17, 15) is 8.42 Å². The lowest BCUT2D eigenvalue weighted by molar-refractivity contribution is 0.607. The van der Waals surface area contributed by atoms with Gasteiger partial charge in [-0.15, -0.1) is 0 Å². The van der Waals surface area contributed by atoms with Gasteiger partial charge in [-0.2, -0.15) is 0 Å². The topological polar surface area (TPSA) is 84.0 Å². The number of nitrogens with zero attached hydrogens (tertiary/aromatic N) is 2. The Morgan fingerprint density at radius 1 is 1.08 bits per heavy atom. The Hall–Kier alpha value is -2.15. The number of aryl methyl sites for hydroxylation is 2. The van der Waals surface area contributed by atoms with Crippen molar-refractivity contribution in [1.29, 1.82) is 0 Å². The molecule has 2 aromatic rings. The first-order chi connectivity index (χ1) is 11.4. The maximum absolute atomic E-state index is 11.2. The van der Waals surface area contributed by atoms with Crippen LogP contribution in [-0.4, -0.2) is 24.6 Å². The smallest absolute Gasteiger partial charge is 0.229 e. The zero-order valence-electron chi connectivity index (χ0n) is 14.0. The van der Waals surface area contributed by atoms with Gasteiger partial charge in [-0.1, -0.05) is 12.1 Å². The average molecular weight is 346 g/mol. The van der Waals surface area contributed by atoms with Crippen molar-refractivity contribution in [1.82, 2.24) is 9.97 Å². The van der Waals surface area contributed by atoms with E-state index in [1.807, 2.05) is 19.1 Å². The Bertz CT molecular complexity index is 832. The Balaban J connectivity index is 1.71. The maximum Gasteiger partial charge on any atom is 0.229 e. The number of sulfonamides is 1. The van der Waals surface area contributed by atoms with Gasteiger partial charge in [0.05, 0.1) is 6.26 Å². The van der Waals surface area contributed by atoms with E-state index >= 15 is 0 Å². The van der Waals surface area contributed by atoms with Crippen LogP contribution in [0.25, 0.3) is 0 Å². The molecule has 7 heteroatoms. The highest BCUT2D eigenvalue weighted by molar-refractivity contribution is 7.92. The molecule has 6 nitrogen and oxygen atoms in total. The summed E-state index contributed by atoms with van der Waals surface area (Å²) in [5.41, 5.74) is 4.04. The van der Waals surface area contributed by atoms with E-state index < -0.39 is 10.0 Å². The zero-order valence-corrected chi connectivity index (χ0v) is 14.8. The number of fused-ring (bicyclic) bond motifs is 1. The lowest BCUT2D eigenvalue weighted by Crippen LogP contribution is -2.14. The van der Waals surface area contributed by atoms with Crippen molar-refractivity contribution in [3.63, 3.8) is 0 Å². The van der Waals surface area contributed by atoms with Gasteiger partial charge in [0.2, 0.25) is 10.0 Å². The maximum atomic E-state index is 11.2. The quantitative estimate of drug-likeness (QED) is 0.869. The second-order valence-electron chi connectivity index (χ2n) is 6.18. The van der Waals surface area contributed by atoms with Crippen LogP contribution >= 0.6 is 0 Å². The van der Waals surface area contributed by atoms with Crippen LogP contribution in [0.2, 0.25) is 0 Å². The van der Waals surface area contributed by atoms with Gasteiger partial charge in [-0.3, -0.25) is 4.72 Å². The van der Waals surface area contributed by atoms with Crippen LogP contribution in [-0.2, 0) is 29.4 Å². The minimum Gasteiger partial charge on any atom is -0.366 e. The van der Waals surface area contributed by atoms with Gasteiger partial charge in [0.1, 0.15) is 11.6 Å². The van der Waals surface area contributed by atoms with E-state index in [1.165, 1.54) is 24.1 Å². The number of hydrogen-bond acceptors (Lipinski definition) is 5. The van der Waals surface area contributed by atoms with Crippen LogP contribution in [0.3, 0.4) is 0 Å². The molecule has 0 saturated heterocycles. The number of hydrogen-bond donors (Lipinski definition) is 2. The van der Waals surface area contributed by atoms with Crippen molar-refractivity contribution in [3.05, 3.63) is 46.9 Å². The molecule has 2 N–H and O–H groups in total. The highest BCUT2D eigenvalue weighted by Gasteiger charge is 2.16. The summed E-state index contributed by atoms with van der Waals surface area (Å²) in [4.78, 5) is 9.11. The van der Waals surface area contributed by atoms with Crippen LogP contribution in [0.15, 0.2) is 24.3 Å². The molecule has 24 heavy (non-hydrogen) atoms. The van der Waals surface area contributed by atoms with Crippen molar-refractivity contribution >= 4 is 21.5 Å². The van der Waals surface area contributed by atoms with E-state index in [-0.39, 0.29) is 0 Å². The van der Waals surface area contributed by atoms with Crippen molar-refractivity contribution in [2.24, 2.45) is 0 Å². The van der Waals surface area contributed by atoms with Crippen LogP contribution in [0.5, 0.6) is 0 Å². The number of rotatable bonds is 5. The molecule has 0 amide bonds. The first-order valence-electron chi connectivity index (χ1n) is 8.08. The molecule has 128 valence electrons. The Labute approximate surface area is 142 Å². The fraction of sp³-hybridized carbons (Fsp3) is 0.412. The number of benzene rings is 1. The van der Waals surface area contributed by atoms with Crippen LogP contribution in [0.4, 0.5) is 11.5 Å². The molecular weight excluding hydrogens is 324 g/mol. The van der Waals surface area contributed by atoms with Crippen molar-refractivity contribution < 1.29 is 8.42 Å². The third-order valence-corrected chi connectivity index (χ3v) is 4.62. The summed E-state index contributed by atoms with van der Waals surface area (Å²) in [5.74, 6) is 1.72. The van der Waals surface area contributed by atoms with Gasteiger partial charge in [-0.25, -0.2) is 18.4 Å². The van der Waals surface area contributed by atoms with Crippen LogP contribution < -0.4 is 10.0 Å². The third kappa shape index (κ3) is 4.23. The molecule has 0 fully saturated rings. The zero-order chi connectivity index (χ0) is 17.2. The molecule has 3 rings (SSSR count). The van der Waals surface area contributed by atoms with Crippen LogP contribution in [0, 0.1) is 6.92 Å². The molecule has 0 atom stereocenters. The number of anilines is 2. The Morgan fingerprint density at radius 3 is 2.50 bits per heavy atom. The normalized spacial score (nSPS) is 14.1. The predicted molar refractivity (Wildman–Crippen MR) is 95.6 cm³/mol. The first kappa shape index (κ1) is 16.7. The Morgan fingerprint density at radius 2 is 1.79 bits per heavy atom. The summed E-state index contributed by atoms with van der Waals surface area (Å²) in [7, 11) is -3.24. The molecule has 1 heterocycles. The summed E-state index contributed by atoms with van der Waals surface area (Å²) < 4.78 is 24.9. The van der Waals surface area contributed by atoms with E-state index in [1.54, 1.807) is 12.1 Å². The second kappa shape index (κ2) is 6.76. The highest BCUT2D eigenvalue weighted by atomic mass is 32.2. The van der Waals surface area contributed by atoms with Gasteiger partial charge in [0.15, 0.2) is 0 Å². The van der Waals surface area contributed by atoms with Gasteiger partial charge in [0, 0.05) is 23.5 Å². The fourth-order valence-electron chi connectivity index (χ4n) is 2.95. The summed E-state index contributed by atoms with van der Waals surface area (Å²) in [6, 6.07) is 7.33. The molecule has 0 saturated carbocycles. The molecule has 0 spiro atoms. The first-order valence-corrected chi connectivity index (χ1v) is 9.97. The summed E-state index contributed by atoms with van der Waals surface area (Å²) in [6.45, 7) is 2.56. The number of nitrogens with one attached hydrogen (secondary N) is 2. The lowest BCUT2D eigenvalue weighted by Gasteiger charge is -2.19.